The van der Waals surface area contributed by atoms with Crippen LogP contribution in [0.4, 0.5) is 0 Å². The smallest absolute Gasteiger partial charge is 0.261 e. The van der Waals surface area contributed by atoms with E-state index in [-0.39, 0.29) is 103 Å². The predicted octanol–water partition coefficient (Wildman–Crippen LogP) is 4.90. The maximum Gasteiger partial charge on any atom is 0.261 e. The summed E-state index contributed by atoms with van der Waals surface area (Å²) < 4.78 is 25.9. The Bertz CT molecular complexity index is 3110. The number of hydrogen-bond acceptors (Lipinski definition) is 12. The van der Waals surface area contributed by atoms with E-state index < -0.39 is 45.8 Å². The van der Waals surface area contributed by atoms with Crippen LogP contribution >= 0.6 is 0 Å². The second-order valence-electron chi connectivity index (χ2n) is 16.4. The van der Waals surface area contributed by atoms with Gasteiger partial charge in [0.25, 0.3) is 33.7 Å². The maximum absolute atomic E-state index is 14.1. The molecule has 6 aromatic rings. The van der Waals surface area contributed by atoms with Crippen molar-refractivity contribution < 1.29 is 51.3 Å². The van der Waals surface area contributed by atoms with E-state index in [1.807, 2.05) is 0 Å². The van der Waals surface area contributed by atoms with Crippen LogP contribution in [-0.4, -0.2) is 114 Å². The summed E-state index contributed by atoms with van der Waals surface area (Å²) in [6.07, 6.45) is 0.715. The largest absolute Gasteiger partial charge is 0.313 e. The van der Waals surface area contributed by atoms with Crippen molar-refractivity contribution in [3.8, 4) is 0 Å². The minimum Gasteiger partial charge on any atom is -0.313 e. The average Bonchev–Trinajstić information content (AvgIpc) is 3.28. The van der Waals surface area contributed by atoms with Crippen LogP contribution in [0, 0.1) is 0 Å². The van der Waals surface area contributed by atoms with Gasteiger partial charge in [-0.05, 0) is 48.9 Å². The molecule has 0 fully saturated rings. The molecule has 4 amide bonds. The molecule has 2 aliphatic carbocycles. The third-order valence-electron chi connectivity index (χ3n) is 12.1. The molecule has 4 aliphatic rings. The maximum atomic E-state index is 14.1. The topological polar surface area (TPSA) is 221 Å². The Morgan fingerprint density at radius 1 is 0.462 bits per heavy atom. The van der Waals surface area contributed by atoms with Crippen LogP contribution in [0.15, 0.2) is 97.1 Å². The number of ketones is 4. The molecular weight excluding hydrogens is 853 g/mol. The molecule has 0 spiro atoms. The molecule has 2 aliphatic heterocycles. The summed E-state index contributed by atoms with van der Waals surface area (Å²) in [5, 5.41) is 8.06. The average molecular weight is 891 g/mol. The van der Waals surface area contributed by atoms with Crippen molar-refractivity contribution in [2.24, 2.45) is 0 Å². The van der Waals surface area contributed by atoms with Gasteiger partial charge in [-0.3, -0.25) is 52.7 Å². The highest BCUT2D eigenvalue weighted by Gasteiger charge is 2.42. The Labute approximate surface area is 371 Å². The van der Waals surface area contributed by atoms with Crippen molar-refractivity contribution in [1.29, 1.82) is 0 Å². The number of amides is 4. The third-order valence-corrected chi connectivity index (χ3v) is 12.1. The summed E-state index contributed by atoms with van der Waals surface area (Å²) >= 11 is 0. The van der Waals surface area contributed by atoms with Crippen LogP contribution in [0.5, 0.6) is 0 Å². The zero-order valence-corrected chi connectivity index (χ0v) is 35.9. The first kappa shape index (κ1) is 42.9. The van der Waals surface area contributed by atoms with Crippen molar-refractivity contribution in [3.05, 3.63) is 164 Å². The van der Waals surface area contributed by atoms with Gasteiger partial charge in [-0.2, -0.15) is 8.42 Å². The molecule has 2 heterocycles. The van der Waals surface area contributed by atoms with Crippen molar-refractivity contribution in [1.82, 2.24) is 20.4 Å². The Morgan fingerprint density at radius 3 is 1.12 bits per heavy atom. The SMILES string of the molecule is CS(=O)(=O)O.C[C@H](CNCCNC[C@@H](C)N1C(=O)c2cccc3c4c(cc(c23)C1=O)C(=O)c1ccccc1C4=O)N1C(=O)c2cccc3c4c(cc(c23)C1=O)C(=O)c1ccccc1C4=O. The Morgan fingerprint density at radius 2 is 0.769 bits per heavy atom. The second-order valence-corrected chi connectivity index (χ2v) is 17.8. The molecule has 326 valence electrons. The minimum absolute atomic E-state index is 0.137. The molecule has 65 heavy (non-hydrogen) atoms. The molecule has 0 saturated heterocycles. The third kappa shape index (κ3) is 6.98. The van der Waals surface area contributed by atoms with E-state index in [4.69, 9.17) is 4.55 Å². The van der Waals surface area contributed by atoms with Gasteiger partial charge >= 0.3 is 0 Å². The van der Waals surface area contributed by atoms with Gasteiger partial charge in [0.2, 0.25) is 0 Å². The zero-order chi connectivity index (χ0) is 46.2. The van der Waals surface area contributed by atoms with E-state index in [0.717, 1.165) is 0 Å². The summed E-state index contributed by atoms with van der Waals surface area (Å²) in [6, 6.07) is 24.8. The summed E-state index contributed by atoms with van der Waals surface area (Å²) in [5.41, 5.74) is 2.71. The lowest BCUT2D eigenvalue weighted by atomic mass is 9.78. The molecule has 15 nitrogen and oxygen atoms in total. The Kier molecular flexibility index (Phi) is 10.6. The summed E-state index contributed by atoms with van der Waals surface area (Å²) in [7, 11) is -3.67. The zero-order valence-electron chi connectivity index (χ0n) is 35.1. The van der Waals surface area contributed by atoms with E-state index in [1.165, 1.54) is 21.9 Å². The number of carbonyl (C=O) groups excluding carboxylic acids is 8. The van der Waals surface area contributed by atoms with E-state index >= 15 is 0 Å². The fourth-order valence-corrected chi connectivity index (χ4v) is 9.31. The summed E-state index contributed by atoms with van der Waals surface area (Å²) in [5.74, 6) is -3.47. The first-order valence-electron chi connectivity index (χ1n) is 20.7. The number of carbonyl (C=O) groups is 8. The lowest BCUT2D eigenvalue weighted by Crippen LogP contribution is -2.51. The van der Waals surface area contributed by atoms with Crippen LogP contribution in [0.25, 0.3) is 21.5 Å². The van der Waals surface area contributed by atoms with Crippen LogP contribution in [0.1, 0.15) is 119 Å². The van der Waals surface area contributed by atoms with Crippen LogP contribution in [-0.2, 0) is 10.1 Å². The van der Waals surface area contributed by atoms with E-state index in [0.29, 0.717) is 40.9 Å². The molecule has 0 radical (unpaired) electrons. The molecule has 0 aromatic heterocycles. The number of nitrogens with one attached hydrogen (secondary N) is 2. The number of nitrogens with zero attached hydrogens (tertiary/aromatic N) is 2. The highest BCUT2D eigenvalue weighted by atomic mass is 32.2. The summed E-state index contributed by atoms with van der Waals surface area (Å²) in [4.78, 5) is 113. The quantitative estimate of drug-likeness (QED) is 0.0999. The Balaban J connectivity index is 0.00000101. The van der Waals surface area contributed by atoms with Gasteiger partial charge in [0.1, 0.15) is 0 Å². The molecule has 3 N–H and O–H groups in total. The van der Waals surface area contributed by atoms with Gasteiger partial charge in [-0.15, -0.1) is 0 Å². The van der Waals surface area contributed by atoms with Crippen molar-refractivity contribution in [3.63, 3.8) is 0 Å². The van der Waals surface area contributed by atoms with E-state index in [9.17, 15) is 46.8 Å². The fraction of sp³-hybridized carbons (Fsp3) is 0.184. The molecule has 0 bridgehead atoms. The lowest BCUT2D eigenvalue weighted by Gasteiger charge is -2.33. The van der Waals surface area contributed by atoms with Crippen molar-refractivity contribution in [2.75, 3.05) is 32.4 Å². The van der Waals surface area contributed by atoms with Gasteiger partial charge in [-0.25, -0.2) is 0 Å². The lowest BCUT2D eigenvalue weighted by molar-refractivity contribution is 0.0532. The Hall–Kier alpha value is -7.37. The second kappa shape index (κ2) is 16.0. The van der Waals surface area contributed by atoms with Crippen LogP contribution in [0.3, 0.4) is 0 Å². The molecule has 2 atom stereocenters. The molecule has 16 heteroatoms. The molecule has 0 saturated carbocycles. The van der Waals surface area contributed by atoms with Crippen molar-refractivity contribution in [2.45, 2.75) is 25.9 Å². The van der Waals surface area contributed by atoms with Gasteiger partial charge in [0, 0.05) is 116 Å². The van der Waals surface area contributed by atoms with Crippen LogP contribution in [0.2, 0.25) is 0 Å². The fourth-order valence-electron chi connectivity index (χ4n) is 9.31. The number of rotatable bonds is 9. The standard InChI is InChI=1S/C48H34N4O8.CH4O3S/c1-23(51-45(57)31-15-7-13-29-37(31)35(47(51)59)19-33-39(29)43(55)27-11-5-3-9-25(27)41(33)53)21-49-17-18-50-22-24(2)52-46(58)32-16-8-14-30-38(32)36(48(52)60)20-34-40(30)44(56)28-12-6-4-10-26(28)42(34)54;1-5(2,3)4/h3-16,19-20,23-24,49-50H,17-18,21-22H2,1-2H3;1H3,(H,2,3,4)/t23-,24-;/m1./s1. The first-order chi connectivity index (χ1) is 31.0. The van der Waals surface area contributed by atoms with Crippen molar-refractivity contribution >= 4 is 78.4 Å². The first-order valence-corrected chi connectivity index (χ1v) is 22.5. The molecule has 0 unspecified atom stereocenters. The highest BCUT2D eigenvalue weighted by molar-refractivity contribution is 7.85. The molecule has 10 rings (SSSR count). The van der Waals surface area contributed by atoms with Gasteiger partial charge < -0.3 is 10.6 Å². The van der Waals surface area contributed by atoms with Gasteiger partial charge in [0.15, 0.2) is 23.1 Å². The molecule has 6 aromatic carbocycles. The molecular formula is C49H38N4O11S. The van der Waals surface area contributed by atoms with E-state index in [2.05, 4.69) is 10.6 Å². The minimum atomic E-state index is -3.67. The van der Waals surface area contributed by atoms with Crippen LogP contribution < -0.4 is 10.6 Å². The predicted molar refractivity (Wildman–Crippen MR) is 238 cm³/mol. The van der Waals surface area contributed by atoms with Gasteiger partial charge in [-0.1, -0.05) is 72.8 Å². The van der Waals surface area contributed by atoms with E-state index in [1.54, 1.807) is 98.8 Å². The normalized spacial score (nSPS) is 15.9. The summed E-state index contributed by atoms with van der Waals surface area (Å²) in [6.45, 7) is 4.81. The number of benzene rings is 6. The number of hydrogen-bond donors (Lipinski definition) is 3. The van der Waals surface area contributed by atoms with Gasteiger partial charge in [0.05, 0.1) is 6.26 Å². The highest BCUT2D eigenvalue weighted by Crippen LogP contribution is 2.41. The number of fused-ring (bicyclic) bond motifs is 6. The number of imide groups is 2. The monoisotopic (exact) mass is 890 g/mol.